The van der Waals surface area contributed by atoms with Gasteiger partial charge in [-0.1, -0.05) is 31.5 Å². The van der Waals surface area contributed by atoms with E-state index >= 15 is 0 Å². The number of rotatable bonds is 6. The molecule has 0 radical (unpaired) electrons. The highest BCUT2D eigenvalue weighted by Crippen LogP contribution is 2.29. The summed E-state index contributed by atoms with van der Waals surface area (Å²) >= 11 is 5.71. The van der Waals surface area contributed by atoms with Crippen molar-refractivity contribution in [3.8, 4) is 0 Å². The highest BCUT2D eigenvalue weighted by Gasteiger charge is 2.27. The number of hydrogen-bond acceptors (Lipinski definition) is 1. The first kappa shape index (κ1) is 13.8. The molecule has 0 aliphatic heterocycles. The van der Waals surface area contributed by atoms with Gasteiger partial charge in [-0.15, -0.1) is 0 Å². The minimum absolute atomic E-state index is 0.183. The van der Waals surface area contributed by atoms with Crippen LogP contribution >= 0.6 is 11.6 Å². The van der Waals surface area contributed by atoms with Crippen molar-refractivity contribution in [2.75, 3.05) is 6.54 Å². The Labute approximate surface area is 114 Å². The quantitative estimate of drug-likeness (QED) is 0.817. The van der Waals surface area contributed by atoms with Crippen molar-refractivity contribution in [3.63, 3.8) is 0 Å². The van der Waals surface area contributed by atoms with E-state index in [9.17, 15) is 4.39 Å². The van der Waals surface area contributed by atoms with Crippen LogP contribution in [0.1, 0.15) is 38.7 Å². The molecule has 1 unspecified atom stereocenters. The van der Waals surface area contributed by atoms with Crippen molar-refractivity contribution in [2.24, 2.45) is 5.41 Å². The van der Waals surface area contributed by atoms with Gasteiger partial charge in [-0.25, -0.2) is 4.39 Å². The van der Waals surface area contributed by atoms with E-state index in [0.717, 1.165) is 31.0 Å². The fourth-order valence-corrected chi connectivity index (χ4v) is 2.25. The maximum Gasteiger partial charge on any atom is 0.142 e. The van der Waals surface area contributed by atoms with E-state index in [4.69, 9.17) is 11.6 Å². The third-order valence-corrected chi connectivity index (χ3v) is 4.17. The number of halogens is 2. The van der Waals surface area contributed by atoms with Gasteiger partial charge in [-0.2, -0.15) is 0 Å². The monoisotopic (exact) mass is 269 g/mol. The molecule has 1 saturated carbocycles. The first-order valence-electron chi connectivity index (χ1n) is 6.70. The van der Waals surface area contributed by atoms with E-state index in [2.05, 4.69) is 19.2 Å². The van der Waals surface area contributed by atoms with Crippen molar-refractivity contribution in [2.45, 2.75) is 45.6 Å². The van der Waals surface area contributed by atoms with Gasteiger partial charge < -0.3 is 5.32 Å². The summed E-state index contributed by atoms with van der Waals surface area (Å²) in [5.41, 5.74) is 1.21. The number of benzene rings is 1. The third kappa shape index (κ3) is 3.69. The average molecular weight is 270 g/mol. The first-order chi connectivity index (χ1) is 8.52. The van der Waals surface area contributed by atoms with Gasteiger partial charge in [-0.05, 0) is 48.8 Å². The predicted octanol–water partition coefficient (Wildman–Crippen LogP) is 4.19. The van der Waals surface area contributed by atoms with Gasteiger partial charge in [-0.3, -0.25) is 0 Å². The highest BCUT2D eigenvalue weighted by atomic mass is 35.5. The molecule has 0 spiro atoms. The van der Waals surface area contributed by atoms with Gasteiger partial charge in [0.2, 0.25) is 0 Å². The van der Waals surface area contributed by atoms with E-state index in [1.807, 2.05) is 6.07 Å². The summed E-state index contributed by atoms with van der Waals surface area (Å²) in [7, 11) is 0. The second-order valence-corrected chi connectivity index (χ2v) is 6.15. The standard InChI is InChI=1S/C15H21ClFN/c1-3-15(2,10-18-12-5-6-12)9-11-4-7-13(16)14(17)8-11/h4,7-8,12,18H,3,5-6,9-10H2,1-2H3. The van der Waals surface area contributed by atoms with Gasteiger partial charge >= 0.3 is 0 Å². The zero-order valence-electron chi connectivity index (χ0n) is 11.1. The Morgan fingerprint density at radius 1 is 1.44 bits per heavy atom. The fourth-order valence-electron chi connectivity index (χ4n) is 2.13. The van der Waals surface area contributed by atoms with Gasteiger partial charge in [0.15, 0.2) is 0 Å². The predicted molar refractivity (Wildman–Crippen MR) is 74.5 cm³/mol. The van der Waals surface area contributed by atoms with Gasteiger partial charge in [0.25, 0.3) is 0 Å². The van der Waals surface area contributed by atoms with Crippen molar-refractivity contribution in [3.05, 3.63) is 34.6 Å². The van der Waals surface area contributed by atoms with Crippen molar-refractivity contribution in [1.82, 2.24) is 5.32 Å². The fraction of sp³-hybridized carbons (Fsp3) is 0.600. The SMILES string of the molecule is CCC(C)(CNC1CC1)Cc1ccc(Cl)c(F)c1. The lowest BCUT2D eigenvalue weighted by Gasteiger charge is -2.29. The Bertz CT molecular complexity index is 417. The number of nitrogens with one attached hydrogen (secondary N) is 1. The van der Waals surface area contributed by atoms with Crippen LogP contribution in [0.25, 0.3) is 0 Å². The molecule has 1 N–H and O–H groups in total. The largest absolute Gasteiger partial charge is 0.313 e. The zero-order valence-corrected chi connectivity index (χ0v) is 11.9. The minimum Gasteiger partial charge on any atom is -0.313 e. The second-order valence-electron chi connectivity index (χ2n) is 5.74. The Morgan fingerprint density at radius 3 is 2.72 bits per heavy atom. The molecule has 18 heavy (non-hydrogen) atoms. The van der Waals surface area contributed by atoms with Crippen molar-refractivity contribution >= 4 is 11.6 Å². The minimum atomic E-state index is -0.317. The lowest BCUT2D eigenvalue weighted by atomic mass is 9.81. The van der Waals surface area contributed by atoms with Gasteiger partial charge in [0, 0.05) is 12.6 Å². The third-order valence-electron chi connectivity index (χ3n) is 3.86. The molecular weight excluding hydrogens is 249 g/mol. The Hall–Kier alpha value is -0.600. The van der Waals surface area contributed by atoms with E-state index in [1.54, 1.807) is 12.1 Å². The van der Waals surface area contributed by atoms with Crippen LogP contribution in [-0.4, -0.2) is 12.6 Å². The number of hydrogen-bond donors (Lipinski definition) is 1. The molecule has 1 aliphatic carbocycles. The zero-order chi connectivity index (χ0) is 13.2. The first-order valence-corrected chi connectivity index (χ1v) is 7.07. The summed E-state index contributed by atoms with van der Waals surface area (Å²) in [6, 6.07) is 5.86. The summed E-state index contributed by atoms with van der Waals surface area (Å²) < 4.78 is 13.4. The molecule has 1 atom stereocenters. The van der Waals surface area contributed by atoms with E-state index in [1.165, 1.54) is 12.8 Å². The molecule has 0 amide bonds. The second kappa shape index (κ2) is 5.58. The topological polar surface area (TPSA) is 12.0 Å². The average Bonchev–Trinajstić information content (AvgIpc) is 3.16. The van der Waals surface area contributed by atoms with Crippen molar-refractivity contribution < 1.29 is 4.39 Å². The van der Waals surface area contributed by atoms with Crippen LogP contribution in [0.15, 0.2) is 18.2 Å². The molecule has 2 rings (SSSR count). The molecule has 3 heteroatoms. The van der Waals surface area contributed by atoms with Crippen LogP contribution in [0.4, 0.5) is 4.39 Å². The summed E-state index contributed by atoms with van der Waals surface area (Å²) in [5.74, 6) is -0.317. The maximum atomic E-state index is 13.4. The van der Waals surface area contributed by atoms with Crippen LogP contribution in [-0.2, 0) is 6.42 Å². The molecule has 0 heterocycles. The molecule has 1 aromatic carbocycles. The van der Waals surface area contributed by atoms with Crippen LogP contribution in [0.5, 0.6) is 0 Å². The Morgan fingerprint density at radius 2 is 2.17 bits per heavy atom. The van der Waals surface area contributed by atoms with Crippen LogP contribution in [0, 0.1) is 11.2 Å². The van der Waals surface area contributed by atoms with Gasteiger partial charge in [0.05, 0.1) is 5.02 Å². The molecule has 1 nitrogen and oxygen atoms in total. The Balaban J connectivity index is 2.00. The van der Waals surface area contributed by atoms with E-state index in [-0.39, 0.29) is 16.3 Å². The van der Waals surface area contributed by atoms with E-state index < -0.39 is 0 Å². The maximum absolute atomic E-state index is 13.4. The van der Waals surface area contributed by atoms with Crippen LogP contribution < -0.4 is 5.32 Å². The molecule has 0 bridgehead atoms. The lowest BCUT2D eigenvalue weighted by molar-refractivity contribution is 0.289. The highest BCUT2D eigenvalue weighted by molar-refractivity contribution is 6.30. The lowest BCUT2D eigenvalue weighted by Crippen LogP contribution is -2.34. The van der Waals surface area contributed by atoms with Crippen LogP contribution in [0.3, 0.4) is 0 Å². The summed E-state index contributed by atoms with van der Waals surface area (Å²) in [5, 5.41) is 3.78. The molecule has 1 aliphatic rings. The Kier molecular flexibility index (Phi) is 4.29. The summed E-state index contributed by atoms with van der Waals surface area (Å²) in [6.07, 6.45) is 4.57. The molecule has 100 valence electrons. The molecule has 0 saturated heterocycles. The van der Waals surface area contributed by atoms with Crippen molar-refractivity contribution in [1.29, 1.82) is 0 Å². The summed E-state index contributed by atoms with van der Waals surface area (Å²) in [4.78, 5) is 0. The smallest absolute Gasteiger partial charge is 0.142 e. The van der Waals surface area contributed by atoms with E-state index in [0.29, 0.717) is 0 Å². The summed E-state index contributed by atoms with van der Waals surface area (Å²) in [6.45, 7) is 5.45. The van der Waals surface area contributed by atoms with Gasteiger partial charge in [0.1, 0.15) is 5.82 Å². The molecule has 1 aromatic rings. The van der Waals surface area contributed by atoms with Crippen LogP contribution in [0.2, 0.25) is 5.02 Å². The molecule has 0 aromatic heterocycles. The molecular formula is C15H21ClFN. The molecule has 1 fully saturated rings. The normalized spacial score (nSPS) is 18.7.